The summed E-state index contributed by atoms with van der Waals surface area (Å²) in [4.78, 5) is 17.1. The lowest BCUT2D eigenvalue weighted by Gasteiger charge is -2.38. The van der Waals surface area contributed by atoms with E-state index in [1.807, 2.05) is 62.1 Å². The summed E-state index contributed by atoms with van der Waals surface area (Å²) >= 11 is 6.17. The molecule has 0 spiro atoms. The largest absolute Gasteiger partial charge is 0.368 e. The van der Waals surface area contributed by atoms with Crippen molar-refractivity contribution in [3.63, 3.8) is 0 Å². The van der Waals surface area contributed by atoms with Crippen LogP contribution in [-0.4, -0.2) is 37.1 Å². The van der Waals surface area contributed by atoms with Crippen molar-refractivity contribution in [3.8, 4) is 0 Å². The van der Waals surface area contributed by atoms with E-state index in [1.54, 1.807) is 0 Å². The molecule has 1 fully saturated rings. The highest BCUT2D eigenvalue weighted by molar-refractivity contribution is 6.30. The monoisotopic (exact) mass is 411 g/mol. The summed E-state index contributed by atoms with van der Waals surface area (Å²) in [6, 6.07) is 14.1. The molecule has 0 radical (unpaired) electrons. The van der Waals surface area contributed by atoms with E-state index in [9.17, 15) is 4.79 Å². The quantitative estimate of drug-likeness (QED) is 0.726. The van der Waals surface area contributed by atoms with Crippen LogP contribution in [0.2, 0.25) is 5.02 Å². The van der Waals surface area contributed by atoms with Gasteiger partial charge in [0.1, 0.15) is 0 Å². The number of halogens is 1. The van der Waals surface area contributed by atoms with Gasteiger partial charge in [-0.15, -0.1) is 0 Å². The SMILES string of the molecule is C=C(C)c1cccc(C(C)(C)NC(=O)N2CCN(c3cc(Cl)ccc3C)CC2)c1. The Morgan fingerprint density at radius 3 is 2.45 bits per heavy atom. The molecule has 1 aliphatic heterocycles. The number of benzene rings is 2. The van der Waals surface area contributed by atoms with Crippen molar-refractivity contribution in [1.82, 2.24) is 10.2 Å². The molecule has 0 atom stereocenters. The summed E-state index contributed by atoms with van der Waals surface area (Å²) in [5.41, 5.74) is 5.06. The molecule has 0 saturated carbocycles. The van der Waals surface area contributed by atoms with Gasteiger partial charge in [0.15, 0.2) is 0 Å². The minimum Gasteiger partial charge on any atom is -0.368 e. The molecule has 2 aromatic rings. The zero-order valence-corrected chi connectivity index (χ0v) is 18.5. The summed E-state index contributed by atoms with van der Waals surface area (Å²) in [6.07, 6.45) is 0. The normalized spacial score (nSPS) is 14.7. The van der Waals surface area contributed by atoms with Crippen LogP contribution in [0.4, 0.5) is 10.5 Å². The van der Waals surface area contributed by atoms with Crippen molar-refractivity contribution in [1.29, 1.82) is 0 Å². The summed E-state index contributed by atoms with van der Waals surface area (Å²) in [5, 5.41) is 3.94. The number of carbonyl (C=O) groups excluding carboxylic acids is 1. The number of anilines is 1. The van der Waals surface area contributed by atoms with Crippen molar-refractivity contribution in [2.45, 2.75) is 33.2 Å². The molecular formula is C24H30ClN3O. The Hall–Kier alpha value is -2.46. The zero-order chi connectivity index (χ0) is 21.2. The van der Waals surface area contributed by atoms with Gasteiger partial charge in [0.05, 0.1) is 5.54 Å². The van der Waals surface area contributed by atoms with Crippen molar-refractivity contribution in [2.24, 2.45) is 0 Å². The molecule has 4 nitrogen and oxygen atoms in total. The van der Waals surface area contributed by atoms with Gasteiger partial charge in [0, 0.05) is 36.9 Å². The third-order valence-electron chi connectivity index (χ3n) is 5.58. The molecule has 1 N–H and O–H groups in total. The molecule has 2 amide bonds. The first-order valence-corrected chi connectivity index (χ1v) is 10.4. The number of carbonyl (C=O) groups is 1. The average molecular weight is 412 g/mol. The minimum atomic E-state index is -0.469. The van der Waals surface area contributed by atoms with Gasteiger partial charge in [0.2, 0.25) is 0 Å². The van der Waals surface area contributed by atoms with Crippen LogP contribution >= 0.6 is 11.6 Å². The number of urea groups is 1. The van der Waals surface area contributed by atoms with Crippen LogP contribution in [0.3, 0.4) is 0 Å². The first kappa shape index (κ1) is 21.3. The molecule has 154 valence electrons. The molecular weight excluding hydrogens is 382 g/mol. The van der Waals surface area contributed by atoms with E-state index in [-0.39, 0.29) is 6.03 Å². The van der Waals surface area contributed by atoms with Crippen molar-refractivity contribution < 1.29 is 4.79 Å². The second-order valence-corrected chi connectivity index (χ2v) is 8.76. The predicted molar refractivity (Wildman–Crippen MR) is 123 cm³/mol. The summed E-state index contributed by atoms with van der Waals surface area (Å²) in [7, 11) is 0. The molecule has 0 aromatic heterocycles. The fourth-order valence-electron chi connectivity index (χ4n) is 3.67. The van der Waals surface area contributed by atoms with Crippen molar-refractivity contribution in [2.75, 3.05) is 31.1 Å². The average Bonchev–Trinajstić information content (AvgIpc) is 2.69. The Kier molecular flexibility index (Phi) is 6.23. The smallest absolute Gasteiger partial charge is 0.318 e. The number of aryl methyl sites for hydroxylation is 1. The topological polar surface area (TPSA) is 35.6 Å². The van der Waals surface area contributed by atoms with Gasteiger partial charge in [-0.3, -0.25) is 0 Å². The lowest BCUT2D eigenvalue weighted by Crippen LogP contribution is -2.55. The van der Waals surface area contributed by atoms with E-state index < -0.39 is 5.54 Å². The highest BCUT2D eigenvalue weighted by atomic mass is 35.5. The van der Waals surface area contributed by atoms with Gasteiger partial charge >= 0.3 is 6.03 Å². The Bertz CT molecular complexity index is 914. The van der Waals surface area contributed by atoms with Crippen LogP contribution in [0.15, 0.2) is 49.0 Å². The first-order valence-electron chi connectivity index (χ1n) is 10.0. The highest BCUT2D eigenvalue weighted by Crippen LogP contribution is 2.26. The fraction of sp³-hybridized carbons (Fsp3) is 0.375. The maximum absolute atomic E-state index is 12.9. The van der Waals surface area contributed by atoms with Gasteiger partial charge in [0.25, 0.3) is 0 Å². The van der Waals surface area contributed by atoms with E-state index in [1.165, 1.54) is 5.56 Å². The predicted octanol–water partition coefficient (Wildman–Crippen LogP) is 5.45. The maximum Gasteiger partial charge on any atom is 0.318 e. The number of hydrogen-bond acceptors (Lipinski definition) is 2. The molecule has 0 unspecified atom stereocenters. The summed E-state index contributed by atoms with van der Waals surface area (Å²) in [6.45, 7) is 15.1. The fourth-order valence-corrected chi connectivity index (χ4v) is 3.83. The van der Waals surface area contributed by atoms with Crippen LogP contribution in [0, 0.1) is 6.92 Å². The zero-order valence-electron chi connectivity index (χ0n) is 17.8. The molecule has 1 saturated heterocycles. The Morgan fingerprint density at radius 1 is 1.10 bits per heavy atom. The molecule has 1 heterocycles. The lowest BCUT2D eigenvalue weighted by molar-refractivity contribution is 0.183. The second-order valence-electron chi connectivity index (χ2n) is 8.32. The number of piperazine rings is 1. The molecule has 1 aliphatic rings. The minimum absolute atomic E-state index is 0.0294. The maximum atomic E-state index is 12.9. The van der Waals surface area contributed by atoms with E-state index in [0.29, 0.717) is 13.1 Å². The lowest BCUT2D eigenvalue weighted by atomic mass is 9.92. The van der Waals surface area contributed by atoms with Gasteiger partial charge in [-0.05, 0) is 62.6 Å². The Balaban J connectivity index is 1.64. The third kappa shape index (κ3) is 4.94. The van der Waals surface area contributed by atoms with Gasteiger partial charge in [-0.25, -0.2) is 4.79 Å². The van der Waals surface area contributed by atoms with Crippen LogP contribution in [0.5, 0.6) is 0 Å². The molecule has 5 heteroatoms. The van der Waals surface area contributed by atoms with Crippen LogP contribution in [-0.2, 0) is 5.54 Å². The number of amides is 2. The number of nitrogens with zero attached hydrogens (tertiary/aromatic N) is 2. The number of rotatable bonds is 4. The number of nitrogens with one attached hydrogen (secondary N) is 1. The first-order chi connectivity index (χ1) is 13.7. The highest BCUT2D eigenvalue weighted by Gasteiger charge is 2.28. The summed E-state index contributed by atoms with van der Waals surface area (Å²) in [5.74, 6) is 0. The van der Waals surface area contributed by atoms with E-state index in [2.05, 4.69) is 29.8 Å². The summed E-state index contributed by atoms with van der Waals surface area (Å²) < 4.78 is 0. The second kappa shape index (κ2) is 8.50. The molecule has 0 bridgehead atoms. The molecule has 29 heavy (non-hydrogen) atoms. The standard InChI is InChI=1S/C24H30ClN3O/c1-17(2)19-7-6-8-20(15-19)24(4,5)26-23(29)28-13-11-27(12-14-28)22-16-21(25)10-9-18(22)3/h6-10,15-16H,1,11-14H2,2-5H3,(H,26,29). The van der Waals surface area contributed by atoms with Crippen molar-refractivity contribution in [3.05, 3.63) is 70.8 Å². The molecule has 3 rings (SSSR count). The Labute approximate surface area is 179 Å². The van der Waals surface area contributed by atoms with Crippen LogP contribution < -0.4 is 10.2 Å². The third-order valence-corrected chi connectivity index (χ3v) is 5.81. The van der Waals surface area contributed by atoms with Gasteiger partial charge < -0.3 is 15.1 Å². The van der Waals surface area contributed by atoms with E-state index >= 15 is 0 Å². The van der Waals surface area contributed by atoms with E-state index in [4.69, 9.17) is 11.6 Å². The van der Waals surface area contributed by atoms with Crippen LogP contribution in [0.1, 0.15) is 37.5 Å². The van der Waals surface area contributed by atoms with Crippen molar-refractivity contribution >= 4 is 28.9 Å². The number of hydrogen-bond donors (Lipinski definition) is 1. The molecule has 0 aliphatic carbocycles. The van der Waals surface area contributed by atoms with E-state index in [0.717, 1.165) is 40.5 Å². The van der Waals surface area contributed by atoms with Crippen LogP contribution in [0.25, 0.3) is 5.57 Å². The Morgan fingerprint density at radius 2 is 1.79 bits per heavy atom. The van der Waals surface area contributed by atoms with Gasteiger partial charge in [-0.1, -0.05) is 48.0 Å². The molecule has 2 aromatic carbocycles. The van der Waals surface area contributed by atoms with Gasteiger partial charge in [-0.2, -0.15) is 0 Å². The number of allylic oxidation sites excluding steroid dienone is 1.